The number of carbonyl (C=O) groups excluding carboxylic acids is 1. The molecule has 0 saturated carbocycles. The summed E-state index contributed by atoms with van der Waals surface area (Å²) in [5.74, 6) is -3.99. The van der Waals surface area contributed by atoms with E-state index in [2.05, 4.69) is 5.32 Å². The van der Waals surface area contributed by atoms with Crippen LogP contribution < -0.4 is 5.32 Å². The Bertz CT molecular complexity index is 669. The van der Waals surface area contributed by atoms with Crippen molar-refractivity contribution in [3.8, 4) is 0 Å². The van der Waals surface area contributed by atoms with E-state index in [9.17, 15) is 18.4 Å². The van der Waals surface area contributed by atoms with Crippen LogP contribution in [-0.4, -0.2) is 17.0 Å². The van der Waals surface area contributed by atoms with E-state index in [1.165, 1.54) is 36.4 Å². The summed E-state index contributed by atoms with van der Waals surface area (Å²) in [6.07, 6.45) is 0. The van der Waals surface area contributed by atoms with Crippen LogP contribution in [0.3, 0.4) is 0 Å². The highest BCUT2D eigenvalue weighted by Crippen LogP contribution is 2.17. The maximum atomic E-state index is 13.4. The fourth-order valence-electron chi connectivity index (χ4n) is 1.56. The van der Waals surface area contributed by atoms with E-state index in [0.717, 1.165) is 6.07 Å². The lowest BCUT2D eigenvalue weighted by molar-refractivity contribution is 0.0696. The van der Waals surface area contributed by atoms with Gasteiger partial charge in [-0.25, -0.2) is 13.6 Å². The number of carboxylic acids is 1. The fourth-order valence-corrected chi connectivity index (χ4v) is 1.56. The summed E-state index contributed by atoms with van der Waals surface area (Å²) in [4.78, 5) is 22.5. The highest BCUT2D eigenvalue weighted by atomic mass is 19.2. The average molecular weight is 277 g/mol. The lowest BCUT2D eigenvalue weighted by Crippen LogP contribution is -2.13. The molecule has 0 aromatic heterocycles. The van der Waals surface area contributed by atoms with E-state index in [4.69, 9.17) is 5.11 Å². The average Bonchev–Trinajstić information content (AvgIpc) is 2.44. The third-order valence-corrected chi connectivity index (χ3v) is 2.59. The van der Waals surface area contributed by atoms with Crippen molar-refractivity contribution in [1.82, 2.24) is 0 Å². The summed E-state index contributed by atoms with van der Waals surface area (Å²) in [6.45, 7) is 0. The summed E-state index contributed by atoms with van der Waals surface area (Å²) >= 11 is 0. The number of carbonyl (C=O) groups is 2. The van der Waals surface area contributed by atoms with E-state index in [1.54, 1.807) is 0 Å². The van der Waals surface area contributed by atoms with Crippen LogP contribution in [0.2, 0.25) is 0 Å². The molecule has 0 radical (unpaired) electrons. The molecule has 2 aromatic carbocycles. The molecule has 0 aliphatic carbocycles. The van der Waals surface area contributed by atoms with Crippen LogP contribution in [0.25, 0.3) is 0 Å². The van der Waals surface area contributed by atoms with Crippen molar-refractivity contribution in [2.45, 2.75) is 0 Å². The fraction of sp³-hybridized carbons (Fsp3) is 0. The molecule has 2 aromatic rings. The zero-order chi connectivity index (χ0) is 14.7. The molecule has 0 unspecified atom stereocenters. The van der Waals surface area contributed by atoms with Crippen molar-refractivity contribution in [1.29, 1.82) is 0 Å². The summed E-state index contributed by atoms with van der Waals surface area (Å²) in [6, 6.07) is 8.50. The second kappa shape index (κ2) is 5.48. The molecule has 0 aliphatic heterocycles. The number of anilines is 1. The maximum Gasteiger partial charge on any atom is 0.335 e. The zero-order valence-corrected chi connectivity index (χ0v) is 10.1. The van der Waals surface area contributed by atoms with E-state index in [0.29, 0.717) is 0 Å². The van der Waals surface area contributed by atoms with Gasteiger partial charge in [0.25, 0.3) is 5.91 Å². The van der Waals surface area contributed by atoms with Gasteiger partial charge in [0.2, 0.25) is 0 Å². The molecule has 0 aliphatic rings. The highest BCUT2D eigenvalue weighted by Gasteiger charge is 2.12. The van der Waals surface area contributed by atoms with Gasteiger partial charge in [0, 0.05) is 5.56 Å². The number of nitrogens with one attached hydrogen (secondary N) is 1. The molecule has 0 atom stereocenters. The Morgan fingerprint density at radius 1 is 0.950 bits per heavy atom. The van der Waals surface area contributed by atoms with Gasteiger partial charge in [0.1, 0.15) is 0 Å². The Morgan fingerprint density at radius 3 is 2.15 bits per heavy atom. The van der Waals surface area contributed by atoms with Crippen LogP contribution in [0.5, 0.6) is 0 Å². The van der Waals surface area contributed by atoms with Gasteiger partial charge in [-0.2, -0.15) is 0 Å². The van der Waals surface area contributed by atoms with Gasteiger partial charge < -0.3 is 10.4 Å². The normalized spacial score (nSPS) is 10.1. The van der Waals surface area contributed by atoms with Crippen LogP contribution in [0.1, 0.15) is 20.7 Å². The Kier molecular flexibility index (Phi) is 3.74. The molecule has 0 bridgehead atoms. The van der Waals surface area contributed by atoms with Gasteiger partial charge in [0.15, 0.2) is 11.6 Å². The van der Waals surface area contributed by atoms with Crippen LogP contribution in [0, 0.1) is 11.6 Å². The number of hydrogen-bond acceptors (Lipinski definition) is 2. The molecular formula is C14H9F2NO3. The van der Waals surface area contributed by atoms with Gasteiger partial charge in [-0.3, -0.25) is 4.79 Å². The Morgan fingerprint density at radius 2 is 1.55 bits per heavy atom. The van der Waals surface area contributed by atoms with Crippen molar-refractivity contribution in [2.75, 3.05) is 5.32 Å². The molecular weight excluding hydrogens is 268 g/mol. The van der Waals surface area contributed by atoms with Crippen LogP contribution in [-0.2, 0) is 0 Å². The van der Waals surface area contributed by atoms with Crippen molar-refractivity contribution in [3.05, 3.63) is 65.2 Å². The third-order valence-electron chi connectivity index (χ3n) is 2.59. The molecule has 2 N–H and O–H groups in total. The van der Waals surface area contributed by atoms with E-state index >= 15 is 0 Å². The number of rotatable bonds is 3. The number of amides is 1. The molecule has 0 heterocycles. The number of carboxylic acid groups (broad SMARTS) is 1. The quantitative estimate of drug-likeness (QED) is 0.906. The van der Waals surface area contributed by atoms with Gasteiger partial charge in [0.05, 0.1) is 11.3 Å². The van der Waals surface area contributed by atoms with E-state index in [-0.39, 0.29) is 16.8 Å². The molecule has 0 spiro atoms. The van der Waals surface area contributed by atoms with Gasteiger partial charge in [-0.05, 0) is 36.4 Å². The highest BCUT2D eigenvalue weighted by molar-refractivity contribution is 6.04. The first-order valence-electron chi connectivity index (χ1n) is 5.58. The minimum Gasteiger partial charge on any atom is -0.478 e. The molecule has 6 heteroatoms. The summed E-state index contributed by atoms with van der Waals surface area (Å²) in [7, 11) is 0. The van der Waals surface area contributed by atoms with Gasteiger partial charge in [-0.1, -0.05) is 6.07 Å². The molecule has 0 fully saturated rings. The van der Waals surface area contributed by atoms with Crippen molar-refractivity contribution < 1.29 is 23.5 Å². The third kappa shape index (κ3) is 2.80. The standard InChI is InChI=1S/C14H9F2NO3/c15-10-2-1-3-11(12(10)16)17-13(18)8-4-6-9(7-5-8)14(19)20/h1-7H,(H,17,18)(H,19,20). The van der Waals surface area contributed by atoms with Crippen molar-refractivity contribution in [2.24, 2.45) is 0 Å². The summed E-state index contributed by atoms with van der Waals surface area (Å²) < 4.78 is 26.4. The number of halogens is 2. The first kappa shape index (κ1) is 13.7. The minimum atomic E-state index is -1.15. The Balaban J connectivity index is 2.20. The second-order valence-electron chi connectivity index (χ2n) is 3.94. The minimum absolute atomic E-state index is 0.0264. The van der Waals surface area contributed by atoms with Crippen molar-refractivity contribution in [3.63, 3.8) is 0 Å². The SMILES string of the molecule is O=C(O)c1ccc(C(=O)Nc2cccc(F)c2F)cc1. The lowest BCUT2D eigenvalue weighted by atomic mass is 10.1. The second-order valence-corrected chi connectivity index (χ2v) is 3.94. The van der Waals surface area contributed by atoms with Crippen LogP contribution in [0.15, 0.2) is 42.5 Å². The van der Waals surface area contributed by atoms with Gasteiger partial charge in [-0.15, -0.1) is 0 Å². The number of hydrogen-bond donors (Lipinski definition) is 2. The van der Waals surface area contributed by atoms with E-state index in [1.807, 2.05) is 0 Å². The number of benzene rings is 2. The molecule has 4 nitrogen and oxygen atoms in total. The molecule has 2 rings (SSSR count). The lowest BCUT2D eigenvalue weighted by Gasteiger charge is -2.07. The number of aromatic carboxylic acids is 1. The van der Waals surface area contributed by atoms with Gasteiger partial charge >= 0.3 is 5.97 Å². The Hall–Kier alpha value is -2.76. The first-order valence-corrected chi connectivity index (χ1v) is 5.58. The first-order chi connectivity index (χ1) is 9.49. The monoisotopic (exact) mass is 277 g/mol. The topological polar surface area (TPSA) is 66.4 Å². The summed E-state index contributed by atoms with van der Waals surface area (Å²) in [5.41, 5.74) is -0.116. The van der Waals surface area contributed by atoms with Crippen LogP contribution >= 0.6 is 0 Å². The maximum absolute atomic E-state index is 13.4. The van der Waals surface area contributed by atoms with Crippen LogP contribution in [0.4, 0.5) is 14.5 Å². The molecule has 0 saturated heterocycles. The van der Waals surface area contributed by atoms with E-state index < -0.39 is 23.5 Å². The molecule has 102 valence electrons. The predicted molar refractivity (Wildman–Crippen MR) is 67.7 cm³/mol. The smallest absolute Gasteiger partial charge is 0.335 e. The van der Waals surface area contributed by atoms with Crippen molar-refractivity contribution >= 4 is 17.6 Å². The molecule has 20 heavy (non-hydrogen) atoms. The molecule has 1 amide bonds. The zero-order valence-electron chi connectivity index (χ0n) is 10.1. The Labute approximate surface area is 112 Å². The predicted octanol–water partition coefficient (Wildman–Crippen LogP) is 2.92. The summed E-state index contributed by atoms with van der Waals surface area (Å²) in [5, 5.41) is 10.9. The largest absolute Gasteiger partial charge is 0.478 e.